The molecule has 108 valence electrons. The van der Waals surface area contributed by atoms with Crippen molar-refractivity contribution < 1.29 is 0 Å². The van der Waals surface area contributed by atoms with Crippen LogP contribution >= 0.6 is 34.5 Å². The van der Waals surface area contributed by atoms with Crippen LogP contribution in [-0.4, -0.2) is 12.6 Å². The zero-order valence-electron chi connectivity index (χ0n) is 11.5. The first-order valence-corrected chi connectivity index (χ1v) is 8.52. The molecule has 0 aliphatic carbocycles. The standard InChI is InChI=1S/C16H19Cl2NS/c1-2-7-19-14(11-15-4-3-8-20-15)10-12-9-13(17)5-6-16(12)18/h3-6,8-9,14,19H,2,7,10-11H2,1H3. The molecule has 1 N–H and O–H groups in total. The van der Waals surface area contributed by atoms with Gasteiger partial charge >= 0.3 is 0 Å². The Hall–Kier alpha value is -0.540. The van der Waals surface area contributed by atoms with Crippen molar-refractivity contribution in [1.29, 1.82) is 0 Å². The summed E-state index contributed by atoms with van der Waals surface area (Å²) < 4.78 is 0. The van der Waals surface area contributed by atoms with Crippen LogP contribution in [0.15, 0.2) is 35.7 Å². The topological polar surface area (TPSA) is 12.0 Å². The van der Waals surface area contributed by atoms with Crippen molar-refractivity contribution in [2.75, 3.05) is 6.54 Å². The largest absolute Gasteiger partial charge is 0.313 e. The highest BCUT2D eigenvalue weighted by Crippen LogP contribution is 2.23. The summed E-state index contributed by atoms with van der Waals surface area (Å²) in [5, 5.41) is 7.27. The molecular formula is C16H19Cl2NS. The van der Waals surface area contributed by atoms with Gasteiger partial charge in [-0.15, -0.1) is 11.3 Å². The second-order valence-corrected chi connectivity index (χ2v) is 6.75. The molecule has 0 aliphatic rings. The highest BCUT2D eigenvalue weighted by Gasteiger charge is 2.13. The van der Waals surface area contributed by atoms with Crippen LogP contribution < -0.4 is 5.32 Å². The minimum atomic E-state index is 0.393. The van der Waals surface area contributed by atoms with Crippen molar-refractivity contribution >= 4 is 34.5 Å². The van der Waals surface area contributed by atoms with Gasteiger partial charge in [-0.05, 0) is 61.0 Å². The van der Waals surface area contributed by atoms with Crippen LogP contribution in [0.3, 0.4) is 0 Å². The zero-order chi connectivity index (χ0) is 14.4. The third kappa shape index (κ3) is 4.78. The maximum absolute atomic E-state index is 6.27. The van der Waals surface area contributed by atoms with Gasteiger partial charge in [0.15, 0.2) is 0 Å². The van der Waals surface area contributed by atoms with Crippen LogP contribution in [0.2, 0.25) is 10.0 Å². The minimum absolute atomic E-state index is 0.393. The molecule has 1 atom stereocenters. The molecule has 0 radical (unpaired) electrons. The van der Waals surface area contributed by atoms with E-state index in [4.69, 9.17) is 23.2 Å². The first kappa shape index (κ1) is 15.8. The van der Waals surface area contributed by atoms with Crippen molar-refractivity contribution in [1.82, 2.24) is 5.32 Å². The van der Waals surface area contributed by atoms with Gasteiger partial charge in [-0.2, -0.15) is 0 Å². The van der Waals surface area contributed by atoms with E-state index < -0.39 is 0 Å². The Balaban J connectivity index is 2.08. The van der Waals surface area contributed by atoms with Crippen molar-refractivity contribution in [3.8, 4) is 0 Å². The van der Waals surface area contributed by atoms with Crippen LogP contribution in [-0.2, 0) is 12.8 Å². The molecule has 0 saturated carbocycles. The molecule has 20 heavy (non-hydrogen) atoms. The van der Waals surface area contributed by atoms with Gasteiger partial charge in [-0.25, -0.2) is 0 Å². The Labute approximate surface area is 134 Å². The Kier molecular flexibility index (Phi) is 6.37. The van der Waals surface area contributed by atoms with Crippen LogP contribution in [0, 0.1) is 0 Å². The van der Waals surface area contributed by atoms with E-state index in [1.54, 1.807) is 11.3 Å². The normalized spacial score (nSPS) is 12.6. The number of halogens is 2. The second-order valence-electron chi connectivity index (χ2n) is 4.87. The van der Waals surface area contributed by atoms with Crippen molar-refractivity contribution in [2.45, 2.75) is 32.2 Å². The van der Waals surface area contributed by atoms with E-state index in [2.05, 4.69) is 29.8 Å². The second kappa shape index (κ2) is 8.04. The van der Waals surface area contributed by atoms with Crippen molar-refractivity contribution in [3.63, 3.8) is 0 Å². The lowest BCUT2D eigenvalue weighted by molar-refractivity contribution is 0.507. The summed E-state index contributed by atoms with van der Waals surface area (Å²) >= 11 is 14.1. The average Bonchev–Trinajstić information content (AvgIpc) is 2.93. The summed E-state index contributed by atoms with van der Waals surface area (Å²) in [7, 11) is 0. The summed E-state index contributed by atoms with van der Waals surface area (Å²) in [6.07, 6.45) is 3.06. The van der Waals surface area contributed by atoms with Gasteiger partial charge in [0.25, 0.3) is 0 Å². The van der Waals surface area contributed by atoms with Crippen molar-refractivity contribution in [3.05, 3.63) is 56.2 Å². The molecule has 1 aromatic carbocycles. The van der Waals surface area contributed by atoms with Gasteiger partial charge < -0.3 is 5.32 Å². The molecule has 1 aromatic heterocycles. The highest BCUT2D eigenvalue weighted by atomic mass is 35.5. The first-order chi connectivity index (χ1) is 9.69. The predicted molar refractivity (Wildman–Crippen MR) is 90.3 cm³/mol. The summed E-state index contributed by atoms with van der Waals surface area (Å²) in [6.45, 7) is 3.20. The molecule has 0 bridgehead atoms. The van der Waals surface area contributed by atoms with Crippen LogP contribution in [0.1, 0.15) is 23.8 Å². The van der Waals surface area contributed by atoms with Gasteiger partial charge in [-0.3, -0.25) is 0 Å². The predicted octanol–water partition coefficient (Wildman–Crippen LogP) is 5.21. The smallest absolute Gasteiger partial charge is 0.0439 e. The molecule has 1 nitrogen and oxygen atoms in total. The Morgan fingerprint density at radius 1 is 1.20 bits per heavy atom. The summed E-state index contributed by atoms with van der Waals surface area (Å²) in [5.41, 5.74) is 1.12. The van der Waals surface area contributed by atoms with E-state index in [0.717, 1.165) is 41.4 Å². The number of hydrogen-bond donors (Lipinski definition) is 1. The van der Waals surface area contributed by atoms with E-state index in [0.29, 0.717) is 6.04 Å². The van der Waals surface area contributed by atoms with E-state index in [9.17, 15) is 0 Å². The summed E-state index contributed by atoms with van der Waals surface area (Å²) in [6, 6.07) is 10.4. The lowest BCUT2D eigenvalue weighted by Crippen LogP contribution is -2.33. The van der Waals surface area contributed by atoms with E-state index in [-0.39, 0.29) is 0 Å². The lowest BCUT2D eigenvalue weighted by Gasteiger charge is -2.19. The van der Waals surface area contributed by atoms with Gasteiger partial charge in [0.1, 0.15) is 0 Å². The number of benzene rings is 1. The molecule has 2 aromatic rings. The highest BCUT2D eigenvalue weighted by molar-refractivity contribution is 7.09. The number of hydrogen-bond acceptors (Lipinski definition) is 2. The van der Waals surface area contributed by atoms with Crippen LogP contribution in [0.4, 0.5) is 0 Å². The van der Waals surface area contributed by atoms with E-state index in [1.165, 1.54) is 4.88 Å². The molecule has 0 fully saturated rings. The van der Waals surface area contributed by atoms with Crippen molar-refractivity contribution in [2.24, 2.45) is 0 Å². The number of rotatable bonds is 7. The van der Waals surface area contributed by atoms with E-state index in [1.807, 2.05) is 18.2 Å². The molecule has 1 unspecified atom stereocenters. The van der Waals surface area contributed by atoms with Crippen LogP contribution in [0.25, 0.3) is 0 Å². The summed E-state index contributed by atoms with van der Waals surface area (Å²) in [5.74, 6) is 0. The third-order valence-electron chi connectivity index (χ3n) is 3.18. The molecule has 0 spiro atoms. The Morgan fingerprint density at radius 3 is 2.75 bits per heavy atom. The summed E-state index contributed by atoms with van der Waals surface area (Å²) in [4.78, 5) is 1.40. The number of thiophene rings is 1. The minimum Gasteiger partial charge on any atom is -0.313 e. The Morgan fingerprint density at radius 2 is 2.05 bits per heavy atom. The third-order valence-corrected chi connectivity index (χ3v) is 4.69. The first-order valence-electron chi connectivity index (χ1n) is 6.88. The molecule has 4 heteroatoms. The Bertz CT molecular complexity index is 525. The number of nitrogens with one attached hydrogen (secondary N) is 1. The van der Waals surface area contributed by atoms with E-state index >= 15 is 0 Å². The fourth-order valence-corrected chi connectivity index (χ4v) is 3.38. The monoisotopic (exact) mass is 327 g/mol. The SMILES string of the molecule is CCCNC(Cc1cccs1)Cc1cc(Cl)ccc1Cl. The van der Waals surface area contributed by atoms with Gasteiger partial charge in [0.05, 0.1) is 0 Å². The molecule has 0 saturated heterocycles. The zero-order valence-corrected chi connectivity index (χ0v) is 13.9. The van der Waals surface area contributed by atoms with Gasteiger partial charge in [-0.1, -0.05) is 36.2 Å². The van der Waals surface area contributed by atoms with Gasteiger partial charge in [0, 0.05) is 21.0 Å². The van der Waals surface area contributed by atoms with Gasteiger partial charge in [0.2, 0.25) is 0 Å². The maximum atomic E-state index is 6.27. The lowest BCUT2D eigenvalue weighted by atomic mass is 10.0. The molecule has 2 rings (SSSR count). The fourth-order valence-electron chi connectivity index (χ4n) is 2.20. The average molecular weight is 328 g/mol. The quantitative estimate of drug-likeness (QED) is 0.736. The molecular weight excluding hydrogens is 309 g/mol. The molecule has 0 amide bonds. The maximum Gasteiger partial charge on any atom is 0.0439 e. The molecule has 0 aliphatic heterocycles. The molecule has 1 heterocycles. The fraction of sp³-hybridized carbons (Fsp3) is 0.375. The van der Waals surface area contributed by atoms with Crippen LogP contribution in [0.5, 0.6) is 0 Å².